The quantitative estimate of drug-likeness (QED) is 0.483. The summed E-state index contributed by atoms with van der Waals surface area (Å²) >= 11 is 0. The van der Waals surface area contributed by atoms with Crippen LogP contribution in [0.5, 0.6) is 0 Å². The summed E-state index contributed by atoms with van der Waals surface area (Å²) in [5.41, 5.74) is 1.18. The van der Waals surface area contributed by atoms with E-state index in [2.05, 4.69) is 38.4 Å². The summed E-state index contributed by atoms with van der Waals surface area (Å²) in [5, 5.41) is 3.43. The highest BCUT2D eigenvalue weighted by atomic mass is 14.9. The van der Waals surface area contributed by atoms with Gasteiger partial charge in [0.2, 0.25) is 0 Å². The Morgan fingerprint density at radius 3 is 2.57 bits per heavy atom. The fourth-order valence-corrected chi connectivity index (χ4v) is 1.66. The van der Waals surface area contributed by atoms with Crippen LogP contribution in [0.25, 0.3) is 0 Å². The van der Waals surface area contributed by atoms with E-state index in [1.807, 2.05) is 19.1 Å². The van der Waals surface area contributed by atoms with Crippen LogP contribution in [-0.4, -0.2) is 12.6 Å². The van der Waals surface area contributed by atoms with Crippen molar-refractivity contribution in [3.8, 4) is 0 Å². The predicted octanol–water partition coefficient (Wildman–Crippen LogP) is 3.31. The maximum absolute atomic E-state index is 4.09. The number of nitrogens with one attached hydrogen (secondary N) is 1. The normalized spacial score (nSPS) is 15.4. The Balaban J connectivity index is 4.40. The molecule has 1 nitrogen and oxygen atoms in total. The van der Waals surface area contributed by atoms with Crippen LogP contribution in [0.15, 0.2) is 37.0 Å². The van der Waals surface area contributed by atoms with E-state index in [1.54, 1.807) is 0 Å². The molecule has 0 saturated heterocycles. The van der Waals surface area contributed by atoms with Crippen molar-refractivity contribution in [1.82, 2.24) is 5.32 Å². The van der Waals surface area contributed by atoms with Gasteiger partial charge in [0.25, 0.3) is 0 Å². The monoisotopic (exact) mass is 193 g/mol. The molecular formula is C13H23N. The lowest BCUT2D eigenvalue weighted by atomic mass is 9.89. The van der Waals surface area contributed by atoms with E-state index < -0.39 is 0 Å². The van der Waals surface area contributed by atoms with E-state index in [4.69, 9.17) is 0 Å². The molecule has 0 fully saturated rings. The minimum absolute atomic E-state index is 0.460. The Bertz CT molecular complexity index is 203. The van der Waals surface area contributed by atoms with Crippen LogP contribution in [0.2, 0.25) is 0 Å². The molecule has 0 bridgehead atoms. The third-order valence-corrected chi connectivity index (χ3v) is 2.41. The first-order chi connectivity index (χ1) is 6.67. The Morgan fingerprint density at radius 2 is 2.14 bits per heavy atom. The number of hydrogen-bond donors (Lipinski definition) is 1. The van der Waals surface area contributed by atoms with E-state index in [9.17, 15) is 0 Å². The zero-order valence-corrected chi connectivity index (χ0v) is 9.72. The van der Waals surface area contributed by atoms with Crippen LogP contribution >= 0.6 is 0 Å². The zero-order valence-electron chi connectivity index (χ0n) is 9.72. The number of allylic oxidation sites excluding steroid dienone is 3. The molecule has 0 radical (unpaired) electrons. The molecule has 0 amide bonds. The summed E-state index contributed by atoms with van der Waals surface area (Å²) in [7, 11) is 0. The molecule has 2 unspecified atom stereocenters. The Morgan fingerprint density at radius 1 is 1.50 bits per heavy atom. The predicted molar refractivity (Wildman–Crippen MR) is 65.4 cm³/mol. The van der Waals surface area contributed by atoms with Gasteiger partial charge in [-0.15, -0.1) is 6.58 Å². The largest absolute Gasteiger partial charge is 0.314 e. The molecule has 0 heterocycles. The van der Waals surface area contributed by atoms with Gasteiger partial charge in [0.1, 0.15) is 0 Å². The van der Waals surface area contributed by atoms with Gasteiger partial charge in [-0.3, -0.25) is 0 Å². The van der Waals surface area contributed by atoms with Crippen LogP contribution in [0, 0.1) is 5.92 Å². The second-order valence-corrected chi connectivity index (χ2v) is 3.55. The lowest BCUT2D eigenvalue weighted by Gasteiger charge is -2.24. The second kappa shape index (κ2) is 7.57. The van der Waals surface area contributed by atoms with Crippen LogP contribution in [0.4, 0.5) is 0 Å². The van der Waals surface area contributed by atoms with Gasteiger partial charge in [0, 0.05) is 12.0 Å². The molecule has 0 aromatic carbocycles. The van der Waals surface area contributed by atoms with Crippen molar-refractivity contribution >= 4 is 0 Å². The summed E-state index contributed by atoms with van der Waals surface area (Å²) < 4.78 is 0. The molecule has 0 aliphatic heterocycles. The average Bonchev–Trinajstić information content (AvgIpc) is 2.14. The Labute approximate surface area is 88.6 Å². The summed E-state index contributed by atoms with van der Waals surface area (Å²) in [6, 6.07) is 0.460. The number of rotatable bonds is 7. The highest BCUT2D eigenvalue weighted by Crippen LogP contribution is 2.19. The summed E-state index contributed by atoms with van der Waals surface area (Å²) in [5.74, 6) is 0.462. The van der Waals surface area contributed by atoms with Crippen molar-refractivity contribution in [2.75, 3.05) is 6.54 Å². The molecule has 0 rings (SSSR count). The summed E-state index contributed by atoms with van der Waals surface area (Å²) in [6.45, 7) is 15.2. The molecule has 80 valence electrons. The average molecular weight is 193 g/mol. The lowest BCUT2D eigenvalue weighted by molar-refractivity contribution is 0.437. The maximum atomic E-state index is 4.09. The molecule has 14 heavy (non-hydrogen) atoms. The molecule has 0 spiro atoms. The molecule has 0 aliphatic carbocycles. The van der Waals surface area contributed by atoms with E-state index in [1.165, 1.54) is 5.57 Å². The highest BCUT2D eigenvalue weighted by molar-refractivity contribution is 5.19. The minimum Gasteiger partial charge on any atom is -0.314 e. The Kier molecular flexibility index (Phi) is 7.13. The molecule has 2 atom stereocenters. The third-order valence-electron chi connectivity index (χ3n) is 2.41. The van der Waals surface area contributed by atoms with Crippen LogP contribution in [0.1, 0.15) is 27.2 Å². The third kappa shape index (κ3) is 4.43. The van der Waals surface area contributed by atoms with Crippen molar-refractivity contribution in [1.29, 1.82) is 0 Å². The molecule has 0 aromatic rings. The van der Waals surface area contributed by atoms with Crippen molar-refractivity contribution in [3.05, 3.63) is 37.0 Å². The van der Waals surface area contributed by atoms with Crippen LogP contribution < -0.4 is 5.32 Å². The SMILES string of the molecule is C=CCC(C(=C)/C=C\C)C(C)NCC. The highest BCUT2D eigenvalue weighted by Gasteiger charge is 2.16. The molecular weight excluding hydrogens is 170 g/mol. The van der Waals surface area contributed by atoms with Gasteiger partial charge in [0.15, 0.2) is 0 Å². The molecule has 1 heteroatoms. The zero-order chi connectivity index (χ0) is 11.0. The summed E-state index contributed by atoms with van der Waals surface area (Å²) in [4.78, 5) is 0. The van der Waals surface area contributed by atoms with Crippen molar-refractivity contribution in [3.63, 3.8) is 0 Å². The van der Waals surface area contributed by atoms with Gasteiger partial charge in [-0.1, -0.05) is 37.3 Å². The minimum atomic E-state index is 0.460. The van der Waals surface area contributed by atoms with Gasteiger partial charge in [-0.2, -0.15) is 0 Å². The van der Waals surface area contributed by atoms with Gasteiger partial charge in [0.05, 0.1) is 0 Å². The topological polar surface area (TPSA) is 12.0 Å². The van der Waals surface area contributed by atoms with E-state index >= 15 is 0 Å². The van der Waals surface area contributed by atoms with Crippen molar-refractivity contribution in [2.24, 2.45) is 5.92 Å². The standard InChI is InChI=1S/C13H23N/c1-6-9-11(4)13(10-7-2)12(5)14-8-3/h6-7,9,12-14H,2,4,8,10H2,1,3,5H3/b9-6-. The first-order valence-electron chi connectivity index (χ1n) is 5.33. The summed E-state index contributed by atoms with van der Waals surface area (Å²) in [6.07, 6.45) is 7.07. The van der Waals surface area contributed by atoms with Crippen molar-refractivity contribution < 1.29 is 0 Å². The fraction of sp³-hybridized carbons (Fsp3) is 0.538. The molecule has 0 aromatic heterocycles. The van der Waals surface area contributed by atoms with Gasteiger partial charge in [-0.25, -0.2) is 0 Å². The smallest absolute Gasteiger partial charge is 0.0110 e. The van der Waals surface area contributed by atoms with E-state index in [-0.39, 0.29) is 0 Å². The van der Waals surface area contributed by atoms with Crippen molar-refractivity contribution in [2.45, 2.75) is 33.2 Å². The molecule has 0 saturated carbocycles. The van der Waals surface area contributed by atoms with E-state index in [0.717, 1.165) is 13.0 Å². The van der Waals surface area contributed by atoms with E-state index in [0.29, 0.717) is 12.0 Å². The first-order valence-corrected chi connectivity index (χ1v) is 5.33. The van der Waals surface area contributed by atoms with Gasteiger partial charge >= 0.3 is 0 Å². The van der Waals surface area contributed by atoms with Gasteiger partial charge < -0.3 is 5.32 Å². The molecule has 0 aliphatic rings. The fourth-order valence-electron chi connectivity index (χ4n) is 1.66. The Hall–Kier alpha value is -0.820. The second-order valence-electron chi connectivity index (χ2n) is 3.55. The maximum Gasteiger partial charge on any atom is 0.0110 e. The van der Waals surface area contributed by atoms with Gasteiger partial charge in [-0.05, 0) is 26.8 Å². The van der Waals surface area contributed by atoms with Crippen LogP contribution in [-0.2, 0) is 0 Å². The van der Waals surface area contributed by atoms with Crippen LogP contribution in [0.3, 0.4) is 0 Å². The number of hydrogen-bond acceptors (Lipinski definition) is 1. The first kappa shape index (κ1) is 13.2. The lowest BCUT2D eigenvalue weighted by Crippen LogP contribution is -2.33. The molecule has 1 N–H and O–H groups in total.